The topological polar surface area (TPSA) is 62.5 Å². The molecule has 1 amide bonds. The lowest BCUT2D eigenvalue weighted by Gasteiger charge is -2.35. The third-order valence-corrected chi connectivity index (χ3v) is 3.91. The van der Waals surface area contributed by atoms with Crippen molar-refractivity contribution < 1.29 is 9.18 Å². The number of benzene rings is 1. The van der Waals surface area contributed by atoms with Crippen LogP contribution in [0.3, 0.4) is 0 Å². The predicted octanol–water partition coefficient (Wildman–Crippen LogP) is 1.62. The van der Waals surface area contributed by atoms with Crippen LogP contribution in [0, 0.1) is 5.82 Å². The summed E-state index contributed by atoms with van der Waals surface area (Å²) >= 11 is 0. The maximum atomic E-state index is 14.2. The molecule has 0 radical (unpaired) electrons. The van der Waals surface area contributed by atoms with Crippen LogP contribution in [0.1, 0.15) is 6.92 Å². The molecular formula is C15H17FN4O. The minimum Gasteiger partial charge on any atom is -0.398 e. The molecule has 21 heavy (non-hydrogen) atoms. The summed E-state index contributed by atoms with van der Waals surface area (Å²) in [6.45, 7) is 4.08. The van der Waals surface area contributed by atoms with E-state index in [1.165, 1.54) is 6.07 Å². The number of hydrogen-bond donors (Lipinski definition) is 1. The number of carbonyl (C=O) groups is 1. The van der Waals surface area contributed by atoms with Crippen LogP contribution in [0.4, 0.5) is 15.9 Å². The van der Waals surface area contributed by atoms with Crippen molar-refractivity contribution >= 4 is 28.2 Å². The first kappa shape index (κ1) is 13.6. The molecule has 0 unspecified atom stereocenters. The summed E-state index contributed by atoms with van der Waals surface area (Å²) in [7, 11) is 0. The Kier molecular flexibility index (Phi) is 3.37. The Hall–Kier alpha value is -2.37. The zero-order valence-corrected chi connectivity index (χ0v) is 11.8. The van der Waals surface area contributed by atoms with E-state index in [-0.39, 0.29) is 11.7 Å². The number of pyridine rings is 1. The van der Waals surface area contributed by atoms with Gasteiger partial charge in [-0.3, -0.25) is 4.79 Å². The SMILES string of the molecule is CC(=O)N1CCN(c2nccc3c(N)ccc(F)c23)CC1. The summed E-state index contributed by atoms with van der Waals surface area (Å²) in [5.74, 6) is 0.341. The second kappa shape index (κ2) is 5.20. The number of amides is 1. The first-order chi connectivity index (χ1) is 10.1. The molecule has 2 heterocycles. The number of aromatic nitrogens is 1. The molecule has 2 N–H and O–H groups in total. The van der Waals surface area contributed by atoms with Gasteiger partial charge in [-0.1, -0.05) is 0 Å². The molecule has 1 fully saturated rings. The van der Waals surface area contributed by atoms with Gasteiger partial charge in [-0.05, 0) is 18.2 Å². The summed E-state index contributed by atoms with van der Waals surface area (Å²) in [5.41, 5.74) is 6.46. The number of nitrogen functional groups attached to an aromatic ring is 1. The lowest BCUT2D eigenvalue weighted by atomic mass is 10.1. The molecule has 0 atom stereocenters. The molecular weight excluding hydrogens is 271 g/mol. The van der Waals surface area contributed by atoms with Gasteiger partial charge in [0, 0.05) is 50.4 Å². The average molecular weight is 288 g/mol. The van der Waals surface area contributed by atoms with Crippen LogP contribution < -0.4 is 10.6 Å². The first-order valence-electron chi connectivity index (χ1n) is 6.91. The van der Waals surface area contributed by atoms with E-state index < -0.39 is 0 Å². The Morgan fingerprint density at radius 1 is 1.24 bits per heavy atom. The number of fused-ring (bicyclic) bond motifs is 1. The van der Waals surface area contributed by atoms with Crippen molar-refractivity contribution in [1.29, 1.82) is 0 Å². The average Bonchev–Trinajstić information content (AvgIpc) is 2.50. The van der Waals surface area contributed by atoms with E-state index in [2.05, 4.69) is 4.98 Å². The van der Waals surface area contributed by atoms with E-state index in [9.17, 15) is 9.18 Å². The lowest BCUT2D eigenvalue weighted by molar-refractivity contribution is -0.129. The van der Waals surface area contributed by atoms with Crippen LogP contribution >= 0.6 is 0 Å². The maximum Gasteiger partial charge on any atom is 0.219 e. The minimum atomic E-state index is -0.323. The van der Waals surface area contributed by atoms with Gasteiger partial charge in [0.05, 0.1) is 5.39 Å². The van der Waals surface area contributed by atoms with Crippen molar-refractivity contribution in [2.45, 2.75) is 6.92 Å². The number of halogens is 1. The molecule has 0 aliphatic carbocycles. The normalized spacial score (nSPS) is 15.5. The van der Waals surface area contributed by atoms with Gasteiger partial charge in [0.15, 0.2) is 0 Å². The van der Waals surface area contributed by atoms with Gasteiger partial charge >= 0.3 is 0 Å². The molecule has 6 heteroatoms. The van der Waals surface area contributed by atoms with E-state index in [0.717, 1.165) is 0 Å². The zero-order valence-electron chi connectivity index (χ0n) is 11.8. The van der Waals surface area contributed by atoms with Crippen molar-refractivity contribution in [3.05, 3.63) is 30.2 Å². The quantitative estimate of drug-likeness (QED) is 0.810. The fourth-order valence-corrected chi connectivity index (χ4v) is 2.74. The summed E-state index contributed by atoms with van der Waals surface area (Å²) in [5, 5.41) is 1.13. The number of piperazine rings is 1. The molecule has 1 saturated heterocycles. The van der Waals surface area contributed by atoms with Crippen LogP contribution in [0.25, 0.3) is 10.8 Å². The highest BCUT2D eigenvalue weighted by Gasteiger charge is 2.22. The summed E-state index contributed by atoms with van der Waals surface area (Å²) < 4.78 is 14.2. The highest BCUT2D eigenvalue weighted by atomic mass is 19.1. The van der Waals surface area contributed by atoms with Crippen LogP contribution in [0.2, 0.25) is 0 Å². The highest BCUT2D eigenvalue weighted by molar-refractivity contribution is 5.99. The van der Waals surface area contributed by atoms with Crippen LogP contribution in [0.5, 0.6) is 0 Å². The Morgan fingerprint density at radius 2 is 1.95 bits per heavy atom. The third kappa shape index (κ3) is 2.37. The second-order valence-electron chi connectivity index (χ2n) is 5.19. The van der Waals surface area contributed by atoms with Gasteiger partial charge in [0.25, 0.3) is 0 Å². The number of nitrogens with two attached hydrogens (primary N) is 1. The molecule has 1 aliphatic rings. The highest BCUT2D eigenvalue weighted by Crippen LogP contribution is 2.31. The number of hydrogen-bond acceptors (Lipinski definition) is 4. The molecule has 0 spiro atoms. The molecule has 1 aromatic heterocycles. The number of anilines is 2. The molecule has 110 valence electrons. The molecule has 1 aliphatic heterocycles. The van der Waals surface area contributed by atoms with Crippen LogP contribution in [0.15, 0.2) is 24.4 Å². The molecule has 2 aromatic rings. The van der Waals surface area contributed by atoms with E-state index >= 15 is 0 Å². The monoisotopic (exact) mass is 288 g/mol. The Labute approximate surface area is 122 Å². The van der Waals surface area contributed by atoms with E-state index in [1.54, 1.807) is 30.2 Å². The number of carbonyl (C=O) groups excluding carboxylic acids is 1. The van der Waals surface area contributed by atoms with Crippen LogP contribution in [-0.4, -0.2) is 42.0 Å². The Balaban J connectivity index is 1.99. The van der Waals surface area contributed by atoms with Crippen molar-refractivity contribution in [2.75, 3.05) is 36.8 Å². The van der Waals surface area contributed by atoms with Crippen molar-refractivity contribution in [3.8, 4) is 0 Å². The number of nitrogens with zero attached hydrogens (tertiary/aromatic N) is 3. The van der Waals surface area contributed by atoms with Gasteiger partial charge in [-0.25, -0.2) is 9.37 Å². The predicted molar refractivity (Wildman–Crippen MR) is 80.6 cm³/mol. The van der Waals surface area contributed by atoms with Gasteiger partial charge in [0.2, 0.25) is 5.91 Å². The summed E-state index contributed by atoms with van der Waals surface area (Å²) in [6.07, 6.45) is 1.64. The smallest absolute Gasteiger partial charge is 0.219 e. The Morgan fingerprint density at radius 3 is 2.62 bits per heavy atom. The van der Waals surface area contributed by atoms with Crippen molar-refractivity contribution in [2.24, 2.45) is 0 Å². The largest absolute Gasteiger partial charge is 0.398 e. The summed E-state index contributed by atoms with van der Waals surface area (Å²) in [6, 6.07) is 4.66. The first-order valence-corrected chi connectivity index (χ1v) is 6.91. The maximum absolute atomic E-state index is 14.2. The molecule has 3 rings (SSSR count). The van der Waals surface area contributed by atoms with Gasteiger partial charge in [-0.2, -0.15) is 0 Å². The van der Waals surface area contributed by atoms with Gasteiger partial charge in [0.1, 0.15) is 11.6 Å². The van der Waals surface area contributed by atoms with E-state index in [1.807, 2.05) is 4.90 Å². The van der Waals surface area contributed by atoms with Crippen LogP contribution in [-0.2, 0) is 4.79 Å². The second-order valence-corrected chi connectivity index (χ2v) is 5.19. The fraction of sp³-hybridized carbons (Fsp3) is 0.333. The molecule has 0 saturated carbocycles. The lowest BCUT2D eigenvalue weighted by Crippen LogP contribution is -2.48. The Bertz CT molecular complexity index is 695. The number of rotatable bonds is 1. The third-order valence-electron chi connectivity index (χ3n) is 3.91. The standard InChI is InChI=1S/C15H17FN4O/c1-10(21)19-6-8-20(9-7-19)15-14-11(4-5-18-15)13(17)3-2-12(14)16/h2-5H,6-9,17H2,1H3. The van der Waals surface area contributed by atoms with Gasteiger partial charge < -0.3 is 15.5 Å². The minimum absolute atomic E-state index is 0.0657. The molecule has 5 nitrogen and oxygen atoms in total. The molecule has 0 bridgehead atoms. The van der Waals surface area contributed by atoms with E-state index in [4.69, 9.17) is 5.73 Å². The van der Waals surface area contributed by atoms with Crippen molar-refractivity contribution in [3.63, 3.8) is 0 Å². The fourth-order valence-electron chi connectivity index (χ4n) is 2.74. The molecule has 1 aromatic carbocycles. The summed E-state index contributed by atoms with van der Waals surface area (Å²) in [4.78, 5) is 19.5. The van der Waals surface area contributed by atoms with Gasteiger partial charge in [-0.15, -0.1) is 0 Å². The van der Waals surface area contributed by atoms with E-state index in [0.29, 0.717) is 48.5 Å². The zero-order chi connectivity index (χ0) is 15.0. The van der Waals surface area contributed by atoms with Crippen molar-refractivity contribution in [1.82, 2.24) is 9.88 Å².